The topological polar surface area (TPSA) is 237 Å². The molecule has 0 spiro atoms. The van der Waals surface area contributed by atoms with E-state index in [0.717, 1.165) is 116 Å². The average Bonchev–Trinajstić information content (AvgIpc) is 0.903. The largest absolute Gasteiger partial charge is 0.472 e. The highest BCUT2D eigenvalue weighted by atomic mass is 31.2. The van der Waals surface area contributed by atoms with E-state index in [9.17, 15) is 43.2 Å². The number of ether oxygens (including phenoxy) is 4. The van der Waals surface area contributed by atoms with Crippen LogP contribution >= 0.6 is 15.6 Å². The molecule has 0 heterocycles. The molecule has 0 rings (SSSR count). The fourth-order valence-electron chi connectivity index (χ4n) is 10.3. The van der Waals surface area contributed by atoms with Crippen LogP contribution in [0.4, 0.5) is 0 Å². The summed E-state index contributed by atoms with van der Waals surface area (Å²) >= 11 is 0. The molecule has 19 heteroatoms. The standard InChI is InChI=1S/C89H146O17P2/c1-5-9-13-17-21-25-29-33-37-40-41-44-48-52-56-60-64-68-72-76-89(94)106-85(80-100-87(92)74-70-66-62-58-54-50-46-42-38-34-30-26-22-18-14-10-6-2)82-104-108(97,98)102-78-83(90)77-101-107(95,96)103-81-84(79-99-86(91)73-69-65-61-57-53-49-45-36-32-28-24-20-16-12-8-4)105-88(93)75-71-67-63-59-55-51-47-43-39-35-31-27-23-19-15-11-7-3/h21-23,25-27,33-39,41,44-47,50-52,56,58-59,62-64,68,83-85,90H,5-20,24,28-32,40,42-43,48-49,53-55,57,60-61,65-67,69-82H2,1-4H3,(H,95,96)(H,97,98)/b25-21-,26-22-,27-23-,37-33-,38-34-,39-35-,44-41-,45-36-,50-46-,51-47-,56-52-,62-58-,63-59-,68-64-/t83-,84+,85+/m0/s1. The van der Waals surface area contributed by atoms with Crippen molar-refractivity contribution in [1.82, 2.24) is 0 Å². The number of phosphoric acid groups is 2. The van der Waals surface area contributed by atoms with Crippen molar-refractivity contribution in [2.75, 3.05) is 39.6 Å². The number of unbranched alkanes of at least 4 members (excludes halogenated alkanes) is 22. The molecule has 0 aromatic rings. The Bertz CT molecular complexity index is 2710. The van der Waals surface area contributed by atoms with E-state index < -0.39 is 97.5 Å². The van der Waals surface area contributed by atoms with Gasteiger partial charge < -0.3 is 33.8 Å². The highest BCUT2D eigenvalue weighted by molar-refractivity contribution is 7.47. The normalized spacial score (nSPS) is 14.7. The zero-order chi connectivity index (χ0) is 78.9. The van der Waals surface area contributed by atoms with Crippen LogP contribution < -0.4 is 0 Å². The van der Waals surface area contributed by atoms with Gasteiger partial charge in [0.1, 0.15) is 19.3 Å². The number of carbonyl (C=O) groups excluding carboxylic acids is 4. The number of carbonyl (C=O) groups is 4. The van der Waals surface area contributed by atoms with Gasteiger partial charge in [0.2, 0.25) is 0 Å². The minimum atomic E-state index is -5.02. The number of hydrogen-bond donors (Lipinski definition) is 3. The van der Waals surface area contributed by atoms with Crippen molar-refractivity contribution in [3.63, 3.8) is 0 Å². The molecule has 0 aromatic carbocycles. The molecule has 0 aromatic heterocycles. The van der Waals surface area contributed by atoms with Gasteiger partial charge in [-0.15, -0.1) is 0 Å². The Labute approximate surface area is 654 Å². The summed E-state index contributed by atoms with van der Waals surface area (Å²) < 4.78 is 68.5. The number of allylic oxidation sites excluding steroid dienone is 28. The van der Waals surface area contributed by atoms with Gasteiger partial charge in [0.25, 0.3) is 0 Å². The number of rotatable bonds is 76. The highest BCUT2D eigenvalue weighted by Gasteiger charge is 2.30. The van der Waals surface area contributed by atoms with Crippen LogP contribution in [-0.2, 0) is 65.4 Å². The summed E-state index contributed by atoms with van der Waals surface area (Å²) in [5.74, 6) is -2.42. The summed E-state index contributed by atoms with van der Waals surface area (Å²) in [7, 11) is -10.0. The van der Waals surface area contributed by atoms with Crippen LogP contribution in [0.3, 0.4) is 0 Å². The first-order chi connectivity index (χ1) is 52.7. The fourth-order valence-corrected chi connectivity index (χ4v) is 11.9. The van der Waals surface area contributed by atoms with Crippen LogP contribution in [0.2, 0.25) is 0 Å². The Morgan fingerprint density at radius 1 is 0.259 bits per heavy atom. The van der Waals surface area contributed by atoms with Crippen LogP contribution in [0.1, 0.15) is 310 Å². The molecule has 5 atom stereocenters. The minimum Gasteiger partial charge on any atom is -0.462 e. The summed E-state index contributed by atoms with van der Waals surface area (Å²) in [5, 5.41) is 10.7. The first-order valence-corrected chi connectivity index (χ1v) is 44.4. The molecule has 0 amide bonds. The number of esters is 4. The van der Waals surface area contributed by atoms with E-state index in [1.807, 2.05) is 42.5 Å². The lowest BCUT2D eigenvalue weighted by atomic mass is 10.1. The van der Waals surface area contributed by atoms with Gasteiger partial charge in [0.05, 0.1) is 26.4 Å². The number of aliphatic hydroxyl groups excluding tert-OH is 1. The van der Waals surface area contributed by atoms with E-state index in [0.29, 0.717) is 44.9 Å². The molecule has 3 N–H and O–H groups in total. The molecule has 0 saturated carbocycles. The molecule has 0 bridgehead atoms. The molecule has 0 fully saturated rings. The Hall–Kier alpha value is -5.58. The van der Waals surface area contributed by atoms with Crippen molar-refractivity contribution in [2.24, 2.45) is 0 Å². The minimum absolute atomic E-state index is 0.00923. The maximum Gasteiger partial charge on any atom is 0.472 e. The fraction of sp³-hybridized carbons (Fsp3) is 0.640. The van der Waals surface area contributed by atoms with Gasteiger partial charge in [0, 0.05) is 25.7 Å². The highest BCUT2D eigenvalue weighted by Crippen LogP contribution is 2.45. The maximum absolute atomic E-state index is 13.1. The smallest absolute Gasteiger partial charge is 0.462 e. The Morgan fingerprint density at radius 2 is 0.481 bits per heavy atom. The molecular weight excluding hydrogens is 1400 g/mol. The Balaban J connectivity index is 5.57. The second-order valence-corrected chi connectivity index (χ2v) is 29.9. The van der Waals surface area contributed by atoms with E-state index >= 15 is 0 Å². The van der Waals surface area contributed by atoms with E-state index in [-0.39, 0.29) is 25.7 Å². The molecule has 2 unspecified atom stereocenters. The SMILES string of the molecule is CCCCC/C=C\C/C=C\C/C=C\C/C=C\C/C=C\CCC(=O)O[C@H](COC(=O)CCC/C=C\C/C=C\C/C=C\C/C=C\CCCCC)COP(=O)(O)OC[C@@H](O)COP(=O)(O)OC[C@@H](COC(=O)CCCCCCC/C=C\CCCCCCCC)OC(=O)CCC/C=C\C/C=C\C/C=C\C/C=C\CCCCC. The van der Waals surface area contributed by atoms with E-state index in [1.165, 1.54) is 96.3 Å². The van der Waals surface area contributed by atoms with Crippen LogP contribution in [0.5, 0.6) is 0 Å². The molecule has 17 nitrogen and oxygen atoms in total. The number of aliphatic hydroxyl groups is 1. The first-order valence-electron chi connectivity index (χ1n) is 41.4. The molecule has 614 valence electrons. The predicted molar refractivity (Wildman–Crippen MR) is 445 cm³/mol. The molecule has 0 radical (unpaired) electrons. The number of hydrogen-bond acceptors (Lipinski definition) is 15. The van der Waals surface area contributed by atoms with Crippen molar-refractivity contribution in [3.8, 4) is 0 Å². The van der Waals surface area contributed by atoms with Gasteiger partial charge in [-0.3, -0.25) is 37.3 Å². The van der Waals surface area contributed by atoms with Crippen LogP contribution in [0, 0.1) is 0 Å². The second-order valence-electron chi connectivity index (χ2n) is 27.0. The van der Waals surface area contributed by atoms with Crippen molar-refractivity contribution in [3.05, 3.63) is 170 Å². The zero-order valence-corrected chi connectivity index (χ0v) is 69.0. The summed E-state index contributed by atoms with van der Waals surface area (Å²) in [4.78, 5) is 73.1. The van der Waals surface area contributed by atoms with Crippen LogP contribution in [0.25, 0.3) is 0 Å². The lowest BCUT2D eigenvalue weighted by Gasteiger charge is -2.21. The van der Waals surface area contributed by atoms with Gasteiger partial charge >= 0.3 is 39.5 Å². The van der Waals surface area contributed by atoms with Crippen molar-refractivity contribution in [1.29, 1.82) is 0 Å². The lowest BCUT2D eigenvalue weighted by Crippen LogP contribution is -2.30. The van der Waals surface area contributed by atoms with Crippen molar-refractivity contribution < 1.29 is 80.2 Å². The van der Waals surface area contributed by atoms with Gasteiger partial charge in [0.15, 0.2) is 12.2 Å². The quantitative estimate of drug-likeness (QED) is 0.0169. The first kappa shape index (κ1) is 102. The molecule has 0 saturated heterocycles. The summed E-state index contributed by atoms with van der Waals surface area (Å²) in [5.41, 5.74) is 0. The van der Waals surface area contributed by atoms with Crippen LogP contribution in [-0.4, -0.2) is 96.7 Å². The lowest BCUT2D eigenvalue weighted by molar-refractivity contribution is -0.161. The van der Waals surface area contributed by atoms with E-state index in [1.54, 1.807) is 0 Å². The monoisotopic (exact) mass is 1550 g/mol. The molecule has 0 aliphatic carbocycles. The third-order valence-electron chi connectivity index (χ3n) is 16.6. The second kappa shape index (κ2) is 79.5. The van der Waals surface area contributed by atoms with Crippen molar-refractivity contribution >= 4 is 39.5 Å². The maximum atomic E-state index is 13.1. The molecule has 0 aliphatic heterocycles. The van der Waals surface area contributed by atoms with Gasteiger partial charge in [-0.05, 0) is 167 Å². The Morgan fingerprint density at radius 3 is 0.815 bits per heavy atom. The summed E-state index contributed by atoms with van der Waals surface area (Å²) in [6.07, 6.45) is 95.0. The summed E-state index contributed by atoms with van der Waals surface area (Å²) in [6, 6.07) is 0. The van der Waals surface area contributed by atoms with Gasteiger partial charge in [-0.1, -0.05) is 288 Å². The van der Waals surface area contributed by atoms with Gasteiger partial charge in [-0.25, -0.2) is 9.13 Å². The van der Waals surface area contributed by atoms with Gasteiger partial charge in [-0.2, -0.15) is 0 Å². The molecule has 108 heavy (non-hydrogen) atoms. The predicted octanol–water partition coefficient (Wildman–Crippen LogP) is 24.6. The van der Waals surface area contributed by atoms with Crippen LogP contribution in [0.15, 0.2) is 170 Å². The van der Waals surface area contributed by atoms with E-state index in [2.05, 4.69) is 155 Å². The average molecular weight is 1550 g/mol. The zero-order valence-electron chi connectivity index (χ0n) is 67.2. The molecule has 0 aliphatic rings. The van der Waals surface area contributed by atoms with Crippen molar-refractivity contribution in [2.45, 2.75) is 329 Å². The van der Waals surface area contributed by atoms with E-state index in [4.69, 9.17) is 37.0 Å². The Kier molecular flexibility index (Phi) is 75.4. The third kappa shape index (κ3) is 78.5. The molecular formula is C89H146O17P2. The third-order valence-corrected chi connectivity index (χ3v) is 18.5. The summed E-state index contributed by atoms with van der Waals surface area (Å²) in [6.45, 7) is 4.56. The number of phosphoric ester groups is 2.